The number of fused-ring (bicyclic) bond motifs is 5. The highest BCUT2D eigenvalue weighted by atomic mass is 79.9. The molecular weight excluding hydrogens is 352 g/mol. The van der Waals surface area contributed by atoms with Crippen molar-refractivity contribution in [3.05, 3.63) is 57.4 Å². The van der Waals surface area contributed by atoms with Crippen LogP contribution in [-0.2, 0) is 6.42 Å². The molecule has 1 aliphatic heterocycles. The number of imidazole rings is 1. The van der Waals surface area contributed by atoms with E-state index in [1.807, 2.05) is 29.8 Å². The fourth-order valence-electron chi connectivity index (χ4n) is 2.66. The summed E-state index contributed by atoms with van der Waals surface area (Å²) in [7, 11) is 0. The summed E-state index contributed by atoms with van der Waals surface area (Å²) >= 11 is 9.78. The lowest BCUT2D eigenvalue weighted by Crippen LogP contribution is -1.98. The van der Waals surface area contributed by atoms with Crippen LogP contribution in [0.1, 0.15) is 17.1 Å². The van der Waals surface area contributed by atoms with Crippen molar-refractivity contribution in [3.8, 4) is 16.9 Å². The molecule has 0 fully saturated rings. The van der Waals surface area contributed by atoms with Crippen molar-refractivity contribution >= 4 is 27.5 Å². The van der Waals surface area contributed by atoms with Gasteiger partial charge in [-0.05, 0) is 25.1 Å². The van der Waals surface area contributed by atoms with Crippen molar-refractivity contribution in [1.82, 2.24) is 19.5 Å². The van der Waals surface area contributed by atoms with E-state index in [-0.39, 0.29) is 0 Å². The van der Waals surface area contributed by atoms with Crippen LogP contribution in [0.5, 0.6) is 0 Å². The smallest absolute Gasteiger partial charge is 0.150 e. The predicted octanol–water partition coefficient (Wildman–Crippen LogP) is 3.96. The van der Waals surface area contributed by atoms with Crippen LogP contribution in [0.4, 0.5) is 0 Å². The maximum atomic E-state index is 6.24. The van der Waals surface area contributed by atoms with E-state index in [0.29, 0.717) is 11.6 Å². The van der Waals surface area contributed by atoms with Gasteiger partial charge in [-0.2, -0.15) is 0 Å². The molecule has 0 saturated heterocycles. The zero-order chi connectivity index (χ0) is 14.6. The third kappa shape index (κ3) is 2.00. The summed E-state index contributed by atoms with van der Waals surface area (Å²) in [4.78, 5) is 13.2. The van der Waals surface area contributed by atoms with Crippen molar-refractivity contribution < 1.29 is 0 Å². The Bertz CT molecular complexity index is 872. The molecule has 1 aliphatic rings. The highest BCUT2D eigenvalue weighted by Gasteiger charge is 2.23. The summed E-state index contributed by atoms with van der Waals surface area (Å²) in [6.45, 7) is 1.90. The Morgan fingerprint density at radius 1 is 1.29 bits per heavy atom. The maximum absolute atomic E-state index is 6.24. The normalized spacial score (nSPS) is 12.3. The molecule has 4 rings (SSSR count). The van der Waals surface area contributed by atoms with Crippen LogP contribution in [-0.4, -0.2) is 19.5 Å². The molecule has 21 heavy (non-hydrogen) atoms. The van der Waals surface area contributed by atoms with E-state index in [9.17, 15) is 0 Å². The molecular formula is C15H10BrClN4. The monoisotopic (exact) mass is 360 g/mol. The van der Waals surface area contributed by atoms with Crippen LogP contribution in [0.25, 0.3) is 16.9 Å². The Balaban J connectivity index is 2.13. The van der Waals surface area contributed by atoms with Crippen LogP contribution < -0.4 is 0 Å². The van der Waals surface area contributed by atoms with Gasteiger partial charge in [0.05, 0.1) is 17.1 Å². The standard InChI is InChI=1S/C15H10BrClN4/c1-8-18-6-9-4-13-15(17)19-7-21(13)12-3-2-10(16)5-11(12)14(9)20-8/h2-3,5-7H,4H2,1H3. The van der Waals surface area contributed by atoms with Crippen LogP contribution in [0.15, 0.2) is 35.2 Å². The highest BCUT2D eigenvalue weighted by molar-refractivity contribution is 9.10. The molecule has 1 aromatic carbocycles. The van der Waals surface area contributed by atoms with Crippen molar-refractivity contribution in [1.29, 1.82) is 0 Å². The number of aryl methyl sites for hydroxylation is 1. The molecule has 0 radical (unpaired) electrons. The summed E-state index contributed by atoms with van der Waals surface area (Å²) in [6.07, 6.45) is 4.30. The van der Waals surface area contributed by atoms with Gasteiger partial charge in [0.2, 0.25) is 0 Å². The Morgan fingerprint density at radius 2 is 2.14 bits per heavy atom. The number of nitrogens with zero attached hydrogens (tertiary/aromatic N) is 4. The summed E-state index contributed by atoms with van der Waals surface area (Å²) < 4.78 is 3.04. The molecule has 3 aromatic rings. The SMILES string of the molecule is Cc1ncc2c(n1)-c1cc(Br)ccc1-n1cnc(Cl)c1C2. The molecule has 0 unspecified atom stereocenters. The van der Waals surface area contributed by atoms with E-state index < -0.39 is 0 Å². The van der Waals surface area contributed by atoms with Gasteiger partial charge in [-0.25, -0.2) is 15.0 Å². The first kappa shape index (κ1) is 13.0. The minimum absolute atomic E-state index is 0.525. The summed E-state index contributed by atoms with van der Waals surface area (Å²) in [6, 6.07) is 6.13. The molecule has 0 spiro atoms. The first-order chi connectivity index (χ1) is 10.1. The molecule has 4 nitrogen and oxygen atoms in total. The maximum Gasteiger partial charge on any atom is 0.150 e. The van der Waals surface area contributed by atoms with E-state index in [1.165, 1.54) is 0 Å². The Hall–Kier alpha value is -1.72. The summed E-state index contributed by atoms with van der Waals surface area (Å²) in [5.41, 5.74) is 5.06. The molecule has 6 heteroatoms. The molecule has 0 N–H and O–H groups in total. The highest BCUT2D eigenvalue weighted by Crippen LogP contribution is 2.37. The Morgan fingerprint density at radius 3 is 3.00 bits per heavy atom. The van der Waals surface area contributed by atoms with Gasteiger partial charge in [0.25, 0.3) is 0 Å². The first-order valence-electron chi connectivity index (χ1n) is 6.48. The molecule has 3 heterocycles. The van der Waals surface area contributed by atoms with Crippen LogP contribution >= 0.6 is 27.5 Å². The zero-order valence-electron chi connectivity index (χ0n) is 11.1. The summed E-state index contributed by atoms with van der Waals surface area (Å²) in [5, 5.41) is 0.525. The van der Waals surface area contributed by atoms with Gasteiger partial charge < -0.3 is 4.57 Å². The number of halogens is 2. The second-order valence-corrected chi connectivity index (χ2v) is 6.26. The minimum Gasteiger partial charge on any atom is -0.301 e. The fourth-order valence-corrected chi connectivity index (χ4v) is 3.23. The molecule has 2 aromatic heterocycles. The van der Waals surface area contributed by atoms with Gasteiger partial charge in [-0.3, -0.25) is 0 Å². The van der Waals surface area contributed by atoms with Gasteiger partial charge >= 0.3 is 0 Å². The van der Waals surface area contributed by atoms with E-state index in [4.69, 9.17) is 11.6 Å². The van der Waals surface area contributed by atoms with Gasteiger partial charge in [0.1, 0.15) is 12.2 Å². The van der Waals surface area contributed by atoms with E-state index in [1.54, 1.807) is 6.33 Å². The summed E-state index contributed by atoms with van der Waals surface area (Å²) in [5.74, 6) is 0.760. The number of hydrogen-bond donors (Lipinski definition) is 0. The predicted molar refractivity (Wildman–Crippen MR) is 84.8 cm³/mol. The van der Waals surface area contributed by atoms with E-state index in [0.717, 1.165) is 38.5 Å². The third-order valence-corrected chi connectivity index (χ3v) is 4.44. The Kier molecular flexibility index (Phi) is 2.87. The topological polar surface area (TPSA) is 43.6 Å². The van der Waals surface area contributed by atoms with E-state index >= 15 is 0 Å². The van der Waals surface area contributed by atoms with Gasteiger partial charge in [0, 0.05) is 28.2 Å². The zero-order valence-corrected chi connectivity index (χ0v) is 13.5. The lowest BCUT2D eigenvalue weighted by atomic mass is 10.0. The second kappa shape index (κ2) is 4.64. The van der Waals surface area contributed by atoms with Crippen molar-refractivity contribution in [2.45, 2.75) is 13.3 Å². The quantitative estimate of drug-likeness (QED) is 0.476. The molecule has 0 bridgehead atoms. The Labute approximate surface area is 135 Å². The van der Waals surface area contributed by atoms with Crippen molar-refractivity contribution in [3.63, 3.8) is 0 Å². The van der Waals surface area contributed by atoms with Gasteiger partial charge in [-0.1, -0.05) is 27.5 Å². The molecule has 0 aliphatic carbocycles. The van der Waals surface area contributed by atoms with E-state index in [2.05, 4.69) is 36.9 Å². The van der Waals surface area contributed by atoms with Crippen LogP contribution in [0, 0.1) is 6.92 Å². The third-order valence-electron chi connectivity index (χ3n) is 3.63. The average molecular weight is 362 g/mol. The number of aromatic nitrogens is 4. The first-order valence-corrected chi connectivity index (χ1v) is 7.65. The fraction of sp³-hybridized carbons (Fsp3) is 0.133. The minimum atomic E-state index is 0.525. The second-order valence-electron chi connectivity index (χ2n) is 4.98. The molecule has 0 atom stereocenters. The largest absolute Gasteiger partial charge is 0.301 e. The van der Waals surface area contributed by atoms with Crippen molar-refractivity contribution in [2.75, 3.05) is 0 Å². The van der Waals surface area contributed by atoms with Crippen LogP contribution in [0.2, 0.25) is 5.15 Å². The van der Waals surface area contributed by atoms with Gasteiger partial charge in [0.15, 0.2) is 5.15 Å². The molecule has 0 amide bonds. The van der Waals surface area contributed by atoms with Crippen molar-refractivity contribution in [2.24, 2.45) is 0 Å². The molecule has 104 valence electrons. The number of hydrogen-bond acceptors (Lipinski definition) is 3. The lowest BCUT2D eigenvalue weighted by Gasteiger charge is -2.10. The van der Waals surface area contributed by atoms with Crippen LogP contribution in [0.3, 0.4) is 0 Å². The molecule has 0 saturated carbocycles. The number of rotatable bonds is 0. The van der Waals surface area contributed by atoms with Gasteiger partial charge in [-0.15, -0.1) is 0 Å². The average Bonchev–Trinajstić information content (AvgIpc) is 2.75. The number of benzene rings is 1. The lowest BCUT2D eigenvalue weighted by molar-refractivity contribution is 0.958.